The summed E-state index contributed by atoms with van der Waals surface area (Å²) in [5, 5.41) is 5.68. The van der Waals surface area contributed by atoms with Crippen LogP contribution in [0.1, 0.15) is 46.6 Å². The highest BCUT2D eigenvalue weighted by Gasteiger charge is 2.81. The number of ketones is 1. The number of hydrogen-bond acceptors (Lipinski definition) is 6. The average Bonchev–Trinajstić information content (AvgIpc) is 3.50. The van der Waals surface area contributed by atoms with Crippen LogP contribution in [0.4, 0.5) is 9.59 Å². The Labute approximate surface area is 215 Å². The van der Waals surface area contributed by atoms with Crippen molar-refractivity contribution < 1.29 is 28.3 Å². The largest absolute Gasteiger partial charge is 0.445 e. The van der Waals surface area contributed by atoms with Crippen molar-refractivity contribution in [3.8, 4) is 0 Å². The molecule has 3 amide bonds. The maximum absolute atomic E-state index is 14.1. The molecule has 1 aliphatic heterocycles. The normalized spacial score (nSPS) is 28.2. The number of Topliss-reactive ketones (excluding diaryl/α,β-unsaturated/α-hetero) is 1. The summed E-state index contributed by atoms with van der Waals surface area (Å²) in [6, 6.07) is 8.00. The minimum absolute atomic E-state index is 0.0743. The molecule has 1 aliphatic carbocycles. The first kappa shape index (κ1) is 28.1. The fourth-order valence-corrected chi connectivity index (χ4v) is 6.07. The lowest BCUT2D eigenvalue weighted by Gasteiger charge is -2.46. The third-order valence-corrected chi connectivity index (χ3v) is 12.5. The van der Waals surface area contributed by atoms with E-state index in [0.717, 1.165) is 5.56 Å². The Kier molecular flexibility index (Phi) is 7.66. The van der Waals surface area contributed by atoms with Crippen LogP contribution in [0.15, 0.2) is 30.3 Å². The van der Waals surface area contributed by atoms with Gasteiger partial charge in [0.05, 0.1) is 12.1 Å². The number of nitrogens with one attached hydrogen (secondary N) is 2. The van der Waals surface area contributed by atoms with Crippen LogP contribution in [-0.4, -0.2) is 74.6 Å². The molecule has 2 fully saturated rings. The maximum atomic E-state index is 14.1. The molecule has 1 saturated carbocycles. The van der Waals surface area contributed by atoms with Gasteiger partial charge >= 0.3 is 12.1 Å². The second kappa shape index (κ2) is 9.79. The van der Waals surface area contributed by atoms with Gasteiger partial charge in [0.15, 0.2) is 25.2 Å². The van der Waals surface area contributed by atoms with Crippen LogP contribution in [0.5, 0.6) is 0 Å². The molecule has 1 aromatic rings. The van der Waals surface area contributed by atoms with Crippen molar-refractivity contribution in [3.63, 3.8) is 0 Å². The van der Waals surface area contributed by atoms with Crippen molar-refractivity contribution in [2.45, 2.75) is 95.2 Å². The van der Waals surface area contributed by atoms with Crippen molar-refractivity contribution in [2.24, 2.45) is 0 Å². The fraction of sp³-hybridized carbons (Fsp3) is 0.654. The number of amides is 3. The third-order valence-electron chi connectivity index (χ3n) is 7.94. The third kappa shape index (κ3) is 4.90. The Morgan fingerprint density at radius 2 is 1.81 bits per heavy atom. The van der Waals surface area contributed by atoms with E-state index in [-0.39, 0.29) is 17.4 Å². The summed E-state index contributed by atoms with van der Waals surface area (Å²) >= 11 is 0. The van der Waals surface area contributed by atoms with Crippen LogP contribution >= 0.6 is 0 Å². The molecule has 1 saturated heterocycles. The van der Waals surface area contributed by atoms with Gasteiger partial charge in [-0.1, -0.05) is 58.0 Å². The van der Waals surface area contributed by atoms with Gasteiger partial charge in [-0.05, 0) is 37.0 Å². The zero-order valence-electron chi connectivity index (χ0n) is 22.9. The molecule has 0 bridgehead atoms. The maximum Gasteiger partial charge on any atom is 0.407 e. The van der Waals surface area contributed by atoms with Gasteiger partial charge in [-0.25, -0.2) is 9.59 Å². The van der Waals surface area contributed by atoms with E-state index < -0.39 is 49.8 Å². The Morgan fingerprint density at radius 3 is 2.33 bits per heavy atom. The van der Waals surface area contributed by atoms with E-state index in [0.29, 0.717) is 6.42 Å². The first-order valence-electron chi connectivity index (χ1n) is 12.5. The molecule has 0 unspecified atom stereocenters. The topological polar surface area (TPSA) is 110 Å². The Balaban J connectivity index is 1.96. The number of fused-ring (bicyclic) bond motifs is 1. The van der Waals surface area contributed by atoms with E-state index in [1.165, 1.54) is 4.90 Å². The van der Waals surface area contributed by atoms with Gasteiger partial charge in [-0.15, -0.1) is 0 Å². The predicted octanol–water partition coefficient (Wildman–Crippen LogP) is 3.83. The summed E-state index contributed by atoms with van der Waals surface area (Å²) in [6.45, 7) is 14.2. The van der Waals surface area contributed by atoms with Gasteiger partial charge in [0, 0.05) is 14.1 Å². The number of rotatable bonds is 8. The first-order valence-corrected chi connectivity index (χ1v) is 15.4. The Bertz CT molecular complexity index is 995. The summed E-state index contributed by atoms with van der Waals surface area (Å²) in [6.07, 6.45) is -1.59. The molecule has 10 heteroatoms. The molecule has 0 spiro atoms. The summed E-state index contributed by atoms with van der Waals surface area (Å²) in [7, 11) is 0.842. The molecular weight excluding hydrogens is 478 g/mol. The number of alkyl carbamates (subject to hydrolysis) is 1. The van der Waals surface area contributed by atoms with Crippen molar-refractivity contribution in [1.82, 2.24) is 15.5 Å². The van der Waals surface area contributed by atoms with Crippen molar-refractivity contribution in [2.75, 3.05) is 14.1 Å². The van der Waals surface area contributed by atoms with E-state index in [9.17, 15) is 14.4 Å². The molecule has 0 aromatic heterocycles. The van der Waals surface area contributed by atoms with E-state index in [4.69, 9.17) is 13.9 Å². The molecule has 3 rings (SSSR count). The zero-order chi connectivity index (χ0) is 27.1. The van der Waals surface area contributed by atoms with Crippen LogP contribution < -0.4 is 10.6 Å². The first-order chi connectivity index (χ1) is 16.6. The van der Waals surface area contributed by atoms with E-state index in [1.54, 1.807) is 21.0 Å². The molecule has 0 radical (unpaired) electrons. The average molecular weight is 520 g/mol. The Hall–Kier alpha value is -2.43. The Morgan fingerprint density at radius 1 is 1.19 bits per heavy atom. The van der Waals surface area contributed by atoms with Crippen LogP contribution in [-0.2, 0) is 25.3 Å². The molecule has 36 heavy (non-hydrogen) atoms. The lowest BCUT2D eigenvalue weighted by molar-refractivity contribution is -0.135. The van der Waals surface area contributed by atoms with Crippen LogP contribution in [0.25, 0.3) is 0 Å². The quantitative estimate of drug-likeness (QED) is 0.399. The number of epoxide rings is 1. The number of ether oxygens (including phenoxy) is 2. The van der Waals surface area contributed by atoms with Gasteiger partial charge in [-0.3, -0.25) is 4.79 Å². The highest BCUT2D eigenvalue weighted by atomic mass is 28.4. The van der Waals surface area contributed by atoms with Gasteiger partial charge < -0.3 is 29.4 Å². The van der Waals surface area contributed by atoms with Gasteiger partial charge in [0.1, 0.15) is 12.7 Å². The summed E-state index contributed by atoms with van der Waals surface area (Å²) < 4.78 is 18.0. The number of nitrogens with zero attached hydrogens (tertiary/aromatic N) is 1. The lowest BCUT2D eigenvalue weighted by atomic mass is 9.84. The molecule has 9 nitrogen and oxygen atoms in total. The number of benzene rings is 1. The zero-order valence-corrected chi connectivity index (χ0v) is 23.9. The molecule has 1 aromatic carbocycles. The second-order valence-corrected chi connectivity index (χ2v) is 16.3. The number of carbonyl (C=O) groups excluding carboxylic acids is 3. The predicted molar refractivity (Wildman–Crippen MR) is 139 cm³/mol. The monoisotopic (exact) mass is 519 g/mol. The van der Waals surface area contributed by atoms with Crippen LogP contribution in [0, 0.1) is 0 Å². The van der Waals surface area contributed by atoms with E-state index in [1.807, 2.05) is 37.3 Å². The van der Waals surface area contributed by atoms with Crippen molar-refractivity contribution in [3.05, 3.63) is 35.9 Å². The molecule has 1 heterocycles. The number of hydrogen-bond donors (Lipinski definition) is 2. The van der Waals surface area contributed by atoms with Crippen LogP contribution in [0.2, 0.25) is 18.1 Å². The molecular formula is C26H41N3O6Si. The standard InChI is InChI=1S/C26H41N3O6Si/c1-10-25-20(34-25)19(27-23(32)33-16-18-14-12-11-13-15-18)26(21(25)30,28-22(31)29(6)7)17(2)35-36(8,9)24(3,4)5/h11-15,17,19-20H,10,16H2,1-9H3,(H,27,32)(H,28,31)/t17-,19-,20+,25+,26-/m0/s1. The molecule has 2 aliphatic rings. The fourth-order valence-electron chi connectivity index (χ4n) is 4.64. The summed E-state index contributed by atoms with van der Waals surface area (Å²) in [5.74, 6) is -0.280. The van der Waals surface area contributed by atoms with Gasteiger partial charge in [0.2, 0.25) is 0 Å². The molecule has 5 atom stereocenters. The SMILES string of the molecule is CC[C@@]12O[C@@H]1[C@H](NC(=O)OCc1ccccc1)[C@@](NC(=O)N(C)C)([C@H](C)O[Si](C)(C)C(C)(C)C)C2=O. The highest BCUT2D eigenvalue weighted by Crippen LogP contribution is 2.55. The van der Waals surface area contributed by atoms with E-state index >= 15 is 0 Å². The minimum Gasteiger partial charge on any atom is -0.445 e. The van der Waals surface area contributed by atoms with Gasteiger partial charge in [0.25, 0.3) is 0 Å². The summed E-state index contributed by atoms with van der Waals surface area (Å²) in [5.41, 5.74) is -1.77. The molecule has 200 valence electrons. The smallest absolute Gasteiger partial charge is 0.407 e. The van der Waals surface area contributed by atoms with E-state index in [2.05, 4.69) is 44.5 Å². The van der Waals surface area contributed by atoms with Crippen molar-refractivity contribution in [1.29, 1.82) is 0 Å². The van der Waals surface area contributed by atoms with Crippen molar-refractivity contribution >= 4 is 26.2 Å². The lowest BCUT2D eigenvalue weighted by Crippen LogP contribution is -2.73. The number of carbonyl (C=O) groups is 3. The van der Waals surface area contributed by atoms with Crippen LogP contribution in [0.3, 0.4) is 0 Å². The molecule has 2 N–H and O–H groups in total. The van der Waals surface area contributed by atoms with Gasteiger partial charge in [-0.2, -0.15) is 0 Å². The summed E-state index contributed by atoms with van der Waals surface area (Å²) in [4.78, 5) is 41.4. The minimum atomic E-state index is -2.36. The second-order valence-electron chi connectivity index (χ2n) is 11.5. The highest BCUT2D eigenvalue weighted by molar-refractivity contribution is 6.74. The number of urea groups is 1.